The fourth-order valence-corrected chi connectivity index (χ4v) is 2.58. The van der Waals surface area contributed by atoms with E-state index in [1.54, 1.807) is 0 Å². The average molecular weight is 240 g/mol. The third-order valence-corrected chi connectivity index (χ3v) is 3.86. The van der Waals surface area contributed by atoms with Crippen LogP contribution in [0, 0.1) is 11.8 Å². The molecule has 3 nitrogen and oxygen atoms in total. The van der Waals surface area contributed by atoms with E-state index in [1.165, 1.54) is 19.3 Å². The van der Waals surface area contributed by atoms with Gasteiger partial charge >= 0.3 is 0 Å². The van der Waals surface area contributed by atoms with E-state index in [0.717, 1.165) is 31.8 Å². The first kappa shape index (κ1) is 14.5. The second-order valence-electron chi connectivity index (χ2n) is 5.68. The molecule has 1 unspecified atom stereocenters. The molecule has 1 aliphatic rings. The Morgan fingerprint density at radius 2 is 2.06 bits per heavy atom. The minimum Gasteiger partial charge on any atom is -0.341 e. The van der Waals surface area contributed by atoms with Crippen LogP contribution in [0.1, 0.15) is 52.9 Å². The first-order chi connectivity index (χ1) is 8.06. The largest absolute Gasteiger partial charge is 0.341 e. The zero-order valence-electron chi connectivity index (χ0n) is 11.6. The molecule has 2 atom stereocenters. The van der Waals surface area contributed by atoms with Gasteiger partial charge in [0.2, 0.25) is 5.91 Å². The molecule has 1 amide bonds. The summed E-state index contributed by atoms with van der Waals surface area (Å²) in [6.07, 6.45) is 6.13. The van der Waals surface area contributed by atoms with Gasteiger partial charge in [0.25, 0.3) is 0 Å². The molecule has 0 radical (unpaired) electrons. The quantitative estimate of drug-likeness (QED) is 0.820. The van der Waals surface area contributed by atoms with Gasteiger partial charge in [0.05, 0.1) is 6.04 Å². The lowest BCUT2D eigenvalue weighted by Gasteiger charge is -2.26. The average Bonchev–Trinajstić information content (AvgIpc) is 2.53. The Hall–Kier alpha value is -0.570. The minimum absolute atomic E-state index is 0.150. The zero-order valence-corrected chi connectivity index (χ0v) is 11.6. The topological polar surface area (TPSA) is 46.3 Å². The van der Waals surface area contributed by atoms with E-state index in [-0.39, 0.29) is 17.9 Å². The molecule has 0 saturated carbocycles. The predicted octanol–water partition coefficient (Wildman–Crippen LogP) is 2.40. The van der Waals surface area contributed by atoms with Crippen molar-refractivity contribution in [3.63, 3.8) is 0 Å². The van der Waals surface area contributed by atoms with Gasteiger partial charge in [-0.2, -0.15) is 0 Å². The monoisotopic (exact) mass is 240 g/mol. The molecule has 1 saturated heterocycles. The number of rotatable bonds is 4. The summed E-state index contributed by atoms with van der Waals surface area (Å²) in [5, 5.41) is 0. The molecule has 0 bridgehead atoms. The molecular formula is C14H28N2O. The Morgan fingerprint density at radius 1 is 1.35 bits per heavy atom. The van der Waals surface area contributed by atoms with E-state index < -0.39 is 0 Å². The molecule has 0 aliphatic carbocycles. The van der Waals surface area contributed by atoms with Crippen molar-refractivity contribution in [3.05, 3.63) is 0 Å². The molecule has 1 heterocycles. The van der Waals surface area contributed by atoms with Crippen LogP contribution >= 0.6 is 0 Å². The van der Waals surface area contributed by atoms with Crippen molar-refractivity contribution < 1.29 is 4.79 Å². The van der Waals surface area contributed by atoms with Crippen molar-refractivity contribution in [2.75, 3.05) is 13.1 Å². The maximum Gasteiger partial charge on any atom is 0.239 e. The Labute approximate surface area is 106 Å². The summed E-state index contributed by atoms with van der Waals surface area (Å²) >= 11 is 0. The first-order valence-electron chi connectivity index (χ1n) is 7.10. The summed E-state index contributed by atoms with van der Waals surface area (Å²) in [6, 6.07) is -0.322. The van der Waals surface area contributed by atoms with Crippen LogP contribution in [0.3, 0.4) is 0 Å². The summed E-state index contributed by atoms with van der Waals surface area (Å²) < 4.78 is 0. The van der Waals surface area contributed by atoms with Gasteiger partial charge in [-0.15, -0.1) is 0 Å². The molecule has 0 aromatic rings. The number of hydrogen-bond donors (Lipinski definition) is 1. The van der Waals surface area contributed by atoms with Gasteiger partial charge in [-0.1, -0.05) is 33.6 Å². The van der Waals surface area contributed by atoms with Crippen molar-refractivity contribution in [1.29, 1.82) is 0 Å². The Kier molecular flexibility index (Phi) is 5.96. The molecular weight excluding hydrogens is 212 g/mol. The summed E-state index contributed by atoms with van der Waals surface area (Å²) in [7, 11) is 0. The second kappa shape index (κ2) is 7.00. The van der Waals surface area contributed by atoms with Crippen molar-refractivity contribution in [2.45, 2.75) is 58.9 Å². The van der Waals surface area contributed by atoms with Crippen LogP contribution in [0.5, 0.6) is 0 Å². The van der Waals surface area contributed by atoms with E-state index in [2.05, 4.69) is 6.92 Å². The van der Waals surface area contributed by atoms with Crippen LogP contribution in [-0.4, -0.2) is 29.9 Å². The van der Waals surface area contributed by atoms with Crippen molar-refractivity contribution in [3.8, 4) is 0 Å². The lowest BCUT2D eigenvalue weighted by Crippen LogP contribution is -2.46. The SMILES string of the molecule is CCCC1CCCN(C(=O)[C@@H](N)C(C)C)CC1. The van der Waals surface area contributed by atoms with Gasteiger partial charge in [0, 0.05) is 13.1 Å². The highest BCUT2D eigenvalue weighted by Gasteiger charge is 2.25. The van der Waals surface area contributed by atoms with Gasteiger partial charge in [-0.05, 0) is 31.1 Å². The smallest absolute Gasteiger partial charge is 0.239 e. The fourth-order valence-electron chi connectivity index (χ4n) is 2.58. The number of carbonyl (C=O) groups excluding carboxylic acids is 1. The number of nitrogens with zero attached hydrogens (tertiary/aromatic N) is 1. The highest BCUT2D eigenvalue weighted by atomic mass is 16.2. The predicted molar refractivity (Wildman–Crippen MR) is 71.6 cm³/mol. The van der Waals surface area contributed by atoms with Crippen molar-refractivity contribution in [2.24, 2.45) is 17.6 Å². The van der Waals surface area contributed by atoms with Crippen LogP contribution in [0.4, 0.5) is 0 Å². The summed E-state index contributed by atoms with van der Waals surface area (Å²) in [4.78, 5) is 14.1. The van der Waals surface area contributed by atoms with E-state index in [4.69, 9.17) is 5.73 Å². The lowest BCUT2D eigenvalue weighted by atomic mass is 9.96. The molecule has 1 fully saturated rings. The molecule has 0 aromatic carbocycles. The molecule has 2 N–H and O–H groups in total. The fraction of sp³-hybridized carbons (Fsp3) is 0.929. The molecule has 0 aromatic heterocycles. The van der Waals surface area contributed by atoms with Crippen LogP contribution in [0.25, 0.3) is 0 Å². The van der Waals surface area contributed by atoms with Gasteiger partial charge in [-0.3, -0.25) is 4.79 Å². The van der Waals surface area contributed by atoms with Crippen molar-refractivity contribution >= 4 is 5.91 Å². The molecule has 1 rings (SSSR count). The Bertz CT molecular complexity index is 240. The molecule has 3 heteroatoms. The summed E-state index contributed by atoms with van der Waals surface area (Å²) in [5.41, 5.74) is 5.94. The maximum absolute atomic E-state index is 12.2. The number of hydrogen-bond acceptors (Lipinski definition) is 2. The van der Waals surface area contributed by atoms with Crippen LogP contribution in [-0.2, 0) is 4.79 Å². The lowest BCUT2D eigenvalue weighted by molar-refractivity contribution is -0.133. The molecule has 1 aliphatic heterocycles. The van der Waals surface area contributed by atoms with Crippen LogP contribution in [0.2, 0.25) is 0 Å². The summed E-state index contributed by atoms with van der Waals surface area (Å²) in [5.74, 6) is 1.20. The Morgan fingerprint density at radius 3 is 2.65 bits per heavy atom. The number of amides is 1. The normalized spacial score (nSPS) is 23.6. The molecule has 17 heavy (non-hydrogen) atoms. The van der Waals surface area contributed by atoms with Crippen molar-refractivity contribution in [1.82, 2.24) is 4.90 Å². The number of carbonyl (C=O) groups is 1. The van der Waals surface area contributed by atoms with E-state index in [9.17, 15) is 4.79 Å². The maximum atomic E-state index is 12.2. The van der Waals surface area contributed by atoms with E-state index >= 15 is 0 Å². The van der Waals surface area contributed by atoms with Crippen LogP contribution in [0.15, 0.2) is 0 Å². The number of nitrogens with two attached hydrogens (primary N) is 1. The zero-order chi connectivity index (χ0) is 12.8. The highest BCUT2D eigenvalue weighted by molar-refractivity contribution is 5.81. The standard InChI is InChI=1S/C14H28N2O/c1-4-6-12-7-5-9-16(10-8-12)14(17)13(15)11(2)3/h11-13H,4-10,15H2,1-3H3/t12?,13-/m0/s1. The van der Waals surface area contributed by atoms with Gasteiger partial charge in [-0.25, -0.2) is 0 Å². The van der Waals surface area contributed by atoms with E-state index in [1.807, 2.05) is 18.7 Å². The summed E-state index contributed by atoms with van der Waals surface area (Å²) in [6.45, 7) is 8.08. The minimum atomic E-state index is -0.322. The molecule has 100 valence electrons. The highest BCUT2D eigenvalue weighted by Crippen LogP contribution is 2.22. The third-order valence-electron chi connectivity index (χ3n) is 3.86. The number of likely N-dealkylation sites (tertiary alicyclic amines) is 1. The third kappa shape index (κ3) is 4.30. The van der Waals surface area contributed by atoms with Gasteiger partial charge in [0.15, 0.2) is 0 Å². The molecule has 0 spiro atoms. The van der Waals surface area contributed by atoms with E-state index in [0.29, 0.717) is 0 Å². The Balaban J connectivity index is 2.48. The van der Waals surface area contributed by atoms with Crippen LogP contribution < -0.4 is 5.73 Å². The van der Waals surface area contributed by atoms with Gasteiger partial charge in [0.1, 0.15) is 0 Å². The second-order valence-corrected chi connectivity index (χ2v) is 5.68. The van der Waals surface area contributed by atoms with Gasteiger partial charge < -0.3 is 10.6 Å². The first-order valence-corrected chi connectivity index (χ1v) is 7.10.